The van der Waals surface area contributed by atoms with Crippen LogP contribution in [0.2, 0.25) is 0 Å². The number of aliphatic hydroxyl groups is 1. The van der Waals surface area contributed by atoms with Crippen molar-refractivity contribution in [3.63, 3.8) is 0 Å². The maximum atomic E-state index is 10.3. The van der Waals surface area contributed by atoms with E-state index in [-0.39, 0.29) is 5.41 Å². The molecule has 3 nitrogen and oxygen atoms in total. The van der Waals surface area contributed by atoms with Crippen LogP contribution in [0.1, 0.15) is 32.4 Å². The Morgan fingerprint density at radius 1 is 1.31 bits per heavy atom. The van der Waals surface area contributed by atoms with Gasteiger partial charge in [0.05, 0.1) is 11.9 Å². The van der Waals surface area contributed by atoms with E-state index >= 15 is 0 Å². The van der Waals surface area contributed by atoms with Crippen molar-refractivity contribution in [3.8, 4) is 0 Å². The summed E-state index contributed by atoms with van der Waals surface area (Å²) in [6.07, 6.45) is 6.74. The van der Waals surface area contributed by atoms with Crippen molar-refractivity contribution >= 4 is 0 Å². The van der Waals surface area contributed by atoms with Crippen LogP contribution in [-0.4, -0.2) is 15.1 Å². The van der Waals surface area contributed by atoms with Crippen LogP contribution in [0.5, 0.6) is 0 Å². The molecule has 1 aromatic heterocycles. The Bertz CT molecular complexity index is 310. The molecule has 13 heavy (non-hydrogen) atoms. The summed E-state index contributed by atoms with van der Waals surface area (Å²) in [7, 11) is 0. The summed E-state index contributed by atoms with van der Waals surface area (Å²) in [5, 5.41) is 10.3. The minimum atomic E-state index is -0.763. The molecular formula is C10H14N2O. The van der Waals surface area contributed by atoms with Gasteiger partial charge in [0, 0.05) is 12.4 Å². The molecule has 0 amide bonds. The third kappa shape index (κ3) is 1.07. The third-order valence-electron chi connectivity index (χ3n) is 3.22. The Labute approximate surface area is 77.8 Å². The average molecular weight is 178 g/mol. The van der Waals surface area contributed by atoms with Crippen LogP contribution in [0.15, 0.2) is 18.6 Å². The van der Waals surface area contributed by atoms with Crippen LogP contribution in [0.25, 0.3) is 0 Å². The maximum Gasteiger partial charge on any atom is 0.113 e. The second kappa shape index (κ2) is 2.51. The molecule has 3 heteroatoms. The van der Waals surface area contributed by atoms with E-state index in [2.05, 4.69) is 23.8 Å². The summed E-state index contributed by atoms with van der Waals surface area (Å²) in [5.74, 6) is 0. The topological polar surface area (TPSA) is 46.0 Å². The first kappa shape index (κ1) is 8.63. The number of nitrogens with zero attached hydrogens (tertiary/aromatic N) is 2. The van der Waals surface area contributed by atoms with E-state index in [4.69, 9.17) is 0 Å². The number of hydrogen-bond donors (Lipinski definition) is 1. The van der Waals surface area contributed by atoms with Gasteiger partial charge in [0.15, 0.2) is 0 Å². The lowest BCUT2D eigenvalue weighted by Crippen LogP contribution is -2.51. The van der Waals surface area contributed by atoms with Crippen LogP contribution in [0, 0.1) is 5.41 Å². The lowest BCUT2D eigenvalue weighted by molar-refractivity contribution is -0.159. The molecule has 1 aliphatic rings. The monoisotopic (exact) mass is 178 g/mol. The predicted molar refractivity (Wildman–Crippen MR) is 48.9 cm³/mol. The molecule has 1 heterocycles. The fourth-order valence-corrected chi connectivity index (χ4v) is 1.85. The molecule has 1 fully saturated rings. The molecule has 1 aliphatic carbocycles. The zero-order valence-corrected chi connectivity index (χ0v) is 7.99. The second-order valence-electron chi connectivity index (χ2n) is 4.33. The summed E-state index contributed by atoms with van der Waals surface area (Å²) in [6.45, 7) is 4.12. The van der Waals surface area contributed by atoms with E-state index in [1.807, 2.05) is 0 Å². The van der Waals surface area contributed by atoms with Crippen molar-refractivity contribution in [1.29, 1.82) is 0 Å². The lowest BCUT2D eigenvalue weighted by atomic mass is 9.57. The molecule has 1 saturated carbocycles. The zero-order chi connectivity index (χ0) is 9.53. The van der Waals surface area contributed by atoms with Crippen LogP contribution in [0.3, 0.4) is 0 Å². The number of aromatic nitrogens is 2. The first-order valence-corrected chi connectivity index (χ1v) is 4.55. The standard InChI is InChI=1S/C10H14N2O/c1-9(2)3-4-10(9,13)8-7-11-5-6-12-8/h5-7,13H,3-4H2,1-2H3. The van der Waals surface area contributed by atoms with E-state index in [1.54, 1.807) is 18.6 Å². The number of hydrogen-bond acceptors (Lipinski definition) is 3. The molecule has 1 N–H and O–H groups in total. The normalized spacial score (nSPS) is 31.0. The van der Waals surface area contributed by atoms with Crippen molar-refractivity contribution in [2.24, 2.45) is 5.41 Å². The van der Waals surface area contributed by atoms with Gasteiger partial charge >= 0.3 is 0 Å². The Morgan fingerprint density at radius 2 is 2.08 bits per heavy atom. The summed E-state index contributed by atoms with van der Waals surface area (Å²) < 4.78 is 0. The fourth-order valence-electron chi connectivity index (χ4n) is 1.85. The molecule has 0 saturated heterocycles. The van der Waals surface area contributed by atoms with Gasteiger partial charge in [0.25, 0.3) is 0 Å². The molecule has 0 spiro atoms. The highest BCUT2D eigenvalue weighted by molar-refractivity contribution is 5.18. The Hall–Kier alpha value is -0.960. The Kier molecular flexibility index (Phi) is 1.67. The van der Waals surface area contributed by atoms with E-state index in [1.165, 1.54) is 0 Å². The molecule has 2 rings (SSSR count). The van der Waals surface area contributed by atoms with Crippen LogP contribution in [0.4, 0.5) is 0 Å². The van der Waals surface area contributed by atoms with Gasteiger partial charge in [0.1, 0.15) is 5.60 Å². The lowest BCUT2D eigenvalue weighted by Gasteiger charge is -2.51. The predicted octanol–water partition coefficient (Wildman–Crippen LogP) is 1.48. The third-order valence-corrected chi connectivity index (χ3v) is 3.22. The smallest absolute Gasteiger partial charge is 0.113 e. The van der Waals surface area contributed by atoms with E-state index in [0.29, 0.717) is 5.69 Å². The van der Waals surface area contributed by atoms with Gasteiger partial charge < -0.3 is 5.11 Å². The molecule has 0 aromatic carbocycles. The van der Waals surface area contributed by atoms with Crippen molar-refractivity contribution in [2.75, 3.05) is 0 Å². The van der Waals surface area contributed by atoms with Gasteiger partial charge in [-0.1, -0.05) is 13.8 Å². The quantitative estimate of drug-likeness (QED) is 0.708. The molecule has 70 valence electrons. The summed E-state index contributed by atoms with van der Waals surface area (Å²) >= 11 is 0. The van der Waals surface area contributed by atoms with Crippen LogP contribution in [-0.2, 0) is 5.60 Å². The van der Waals surface area contributed by atoms with E-state index in [0.717, 1.165) is 12.8 Å². The first-order valence-electron chi connectivity index (χ1n) is 4.55. The molecule has 0 bridgehead atoms. The molecule has 1 aromatic rings. The molecule has 0 radical (unpaired) electrons. The summed E-state index contributed by atoms with van der Waals surface area (Å²) in [4.78, 5) is 8.13. The molecule has 1 unspecified atom stereocenters. The highest BCUT2D eigenvalue weighted by Crippen LogP contribution is 2.54. The van der Waals surface area contributed by atoms with Gasteiger partial charge in [-0.05, 0) is 18.3 Å². The van der Waals surface area contributed by atoms with Gasteiger partial charge in [-0.25, -0.2) is 0 Å². The maximum absolute atomic E-state index is 10.3. The van der Waals surface area contributed by atoms with Crippen LogP contribution < -0.4 is 0 Å². The summed E-state index contributed by atoms with van der Waals surface area (Å²) in [6, 6.07) is 0. The van der Waals surface area contributed by atoms with Gasteiger partial charge in [-0.15, -0.1) is 0 Å². The molecule has 0 aliphatic heterocycles. The van der Waals surface area contributed by atoms with E-state index < -0.39 is 5.60 Å². The highest BCUT2D eigenvalue weighted by atomic mass is 16.3. The Balaban J connectivity index is 2.37. The van der Waals surface area contributed by atoms with Crippen LogP contribution >= 0.6 is 0 Å². The first-order chi connectivity index (χ1) is 6.06. The van der Waals surface area contributed by atoms with Crippen molar-refractivity contribution < 1.29 is 5.11 Å². The van der Waals surface area contributed by atoms with Gasteiger partial charge in [0.2, 0.25) is 0 Å². The molecule has 1 atom stereocenters. The summed E-state index contributed by atoms with van der Waals surface area (Å²) in [5.41, 5.74) is -0.129. The van der Waals surface area contributed by atoms with Crippen molar-refractivity contribution in [3.05, 3.63) is 24.3 Å². The minimum Gasteiger partial charge on any atom is -0.383 e. The number of rotatable bonds is 1. The second-order valence-corrected chi connectivity index (χ2v) is 4.33. The van der Waals surface area contributed by atoms with Gasteiger partial charge in [-0.3, -0.25) is 9.97 Å². The van der Waals surface area contributed by atoms with E-state index in [9.17, 15) is 5.11 Å². The largest absolute Gasteiger partial charge is 0.383 e. The van der Waals surface area contributed by atoms with Gasteiger partial charge in [-0.2, -0.15) is 0 Å². The molecular weight excluding hydrogens is 164 g/mol. The van der Waals surface area contributed by atoms with Crippen molar-refractivity contribution in [2.45, 2.75) is 32.3 Å². The fraction of sp³-hybridized carbons (Fsp3) is 0.600. The van der Waals surface area contributed by atoms with Crippen molar-refractivity contribution in [1.82, 2.24) is 9.97 Å². The average Bonchev–Trinajstić information content (AvgIpc) is 2.16. The SMILES string of the molecule is CC1(C)CCC1(O)c1cnccn1. The minimum absolute atomic E-state index is 0.0664. The highest BCUT2D eigenvalue weighted by Gasteiger charge is 2.53. The Morgan fingerprint density at radius 3 is 2.46 bits per heavy atom. The zero-order valence-electron chi connectivity index (χ0n) is 7.99.